The highest BCUT2D eigenvalue weighted by molar-refractivity contribution is 5.68. The van der Waals surface area contributed by atoms with Crippen molar-refractivity contribution in [3.8, 4) is 16.9 Å². The number of rotatable bonds is 4. The van der Waals surface area contributed by atoms with Crippen LogP contribution in [0, 0.1) is 6.92 Å². The summed E-state index contributed by atoms with van der Waals surface area (Å²) in [5, 5.41) is 0. The summed E-state index contributed by atoms with van der Waals surface area (Å²) in [5.74, 6) is 5.82. The Balaban J connectivity index is 2.45. The Labute approximate surface area is 107 Å². The molecular weight excluding hydrogens is 226 g/mol. The molecule has 2 rings (SSSR count). The summed E-state index contributed by atoms with van der Waals surface area (Å²) in [4.78, 5) is 4.76. The van der Waals surface area contributed by atoms with Gasteiger partial charge in [0, 0.05) is 7.11 Å². The summed E-state index contributed by atoms with van der Waals surface area (Å²) >= 11 is 0. The number of aryl methyl sites for hydroxylation is 1. The third-order valence-corrected chi connectivity index (χ3v) is 2.88. The summed E-state index contributed by atoms with van der Waals surface area (Å²) in [6, 6.07) is 14.2. The normalized spacial score (nSPS) is 10.4. The maximum absolute atomic E-state index is 5.22. The van der Waals surface area contributed by atoms with E-state index in [1.54, 1.807) is 7.11 Å². The van der Waals surface area contributed by atoms with Crippen LogP contribution in [0.4, 0.5) is 0 Å². The molecule has 18 heavy (non-hydrogen) atoms. The van der Waals surface area contributed by atoms with Crippen LogP contribution in [-0.2, 0) is 11.3 Å². The van der Waals surface area contributed by atoms with E-state index in [0.29, 0.717) is 12.4 Å². The molecule has 0 amide bonds. The second-order valence-corrected chi connectivity index (χ2v) is 4.24. The van der Waals surface area contributed by atoms with Crippen molar-refractivity contribution < 1.29 is 9.57 Å². The van der Waals surface area contributed by atoms with Gasteiger partial charge < -0.3 is 9.57 Å². The smallest absolute Gasteiger partial charge is 0.147 e. The number of methoxy groups -OCH3 is 1. The fraction of sp³-hybridized carbons (Fsp3) is 0.200. The van der Waals surface area contributed by atoms with Crippen LogP contribution in [0.5, 0.6) is 5.75 Å². The van der Waals surface area contributed by atoms with Crippen LogP contribution in [0.3, 0.4) is 0 Å². The van der Waals surface area contributed by atoms with Gasteiger partial charge in [0.1, 0.15) is 5.75 Å². The summed E-state index contributed by atoms with van der Waals surface area (Å²) in [6.07, 6.45) is 0. The van der Waals surface area contributed by atoms with E-state index in [1.807, 2.05) is 18.2 Å². The van der Waals surface area contributed by atoms with E-state index in [4.69, 9.17) is 15.5 Å². The Bertz CT molecular complexity index is 521. The second kappa shape index (κ2) is 5.67. The van der Waals surface area contributed by atoms with Crippen LogP contribution < -0.4 is 10.7 Å². The lowest BCUT2D eigenvalue weighted by molar-refractivity contribution is 0.185. The first kappa shape index (κ1) is 12.6. The zero-order chi connectivity index (χ0) is 13.0. The van der Waals surface area contributed by atoms with Gasteiger partial charge in [-0.2, -0.15) is 5.90 Å². The standard InChI is InChI=1S/C15H17NO2/c1-11-3-5-12(6-4-11)15-8-7-14(18-16)9-13(15)10-17-2/h3-9H,10,16H2,1-2H3. The van der Waals surface area contributed by atoms with Crippen molar-refractivity contribution >= 4 is 0 Å². The lowest BCUT2D eigenvalue weighted by atomic mass is 9.99. The van der Waals surface area contributed by atoms with Crippen molar-refractivity contribution in [3.05, 3.63) is 53.6 Å². The van der Waals surface area contributed by atoms with E-state index in [9.17, 15) is 0 Å². The van der Waals surface area contributed by atoms with Crippen molar-refractivity contribution in [1.29, 1.82) is 0 Å². The first-order valence-electron chi connectivity index (χ1n) is 5.80. The number of ether oxygens (including phenoxy) is 1. The lowest BCUT2D eigenvalue weighted by Gasteiger charge is -2.11. The van der Waals surface area contributed by atoms with E-state index in [0.717, 1.165) is 16.7 Å². The Morgan fingerprint density at radius 2 is 1.78 bits per heavy atom. The van der Waals surface area contributed by atoms with Crippen LogP contribution in [0.15, 0.2) is 42.5 Å². The molecule has 0 aromatic heterocycles. The van der Waals surface area contributed by atoms with Gasteiger partial charge in [0.05, 0.1) is 6.61 Å². The van der Waals surface area contributed by atoms with Crippen molar-refractivity contribution in [2.45, 2.75) is 13.5 Å². The summed E-state index contributed by atoms with van der Waals surface area (Å²) < 4.78 is 5.22. The van der Waals surface area contributed by atoms with Crippen molar-refractivity contribution in [2.24, 2.45) is 5.90 Å². The first-order valence-corrected chi connectivity index (χ1v) is 5.80. The van der Waals surface area contributed by atoms with Crippen LogP contribution in [0.1, 0.15) is 11.1 Å². The first-order chi connectivity index (χ1) is 8.74. The highest BCUT2D eigenvalue weighted by Gasteiger charge is 2.07. The fourth-order valence-electron chi connectivity index (χ4n) is 1.93. The molecule has 0 aliphatic carbocycles. The van der Waals surface area contributed by atoms with E-state index >= 15 is 0 Å². The summed E-state index contributed by atoms with van der Waals surface area (Å²) in [7, 11) is 1.68. The second-order valence-electron chi connectivity index (χ2n) is 4.24. The van der Waals surface area contributed by atoms with Gasteiger partial charge in [-0.15, -0.1) is 0 Å². The van der Waals surface area contributed by atoms with Gasteiger partial charge in [-0.25, -0.2) is 0 Å². The van der Waals surface area contributed by atoms with E-state index < -0.39 is 0 Å². The Hall–Kier alpha value is -1.84. The molecule has 0 heterocycles. The molecule has 3 heteroatoms. The minimum absolute atomic E-state index is 0.528. The SMILES string of the molecule is COCc1cc(ON)ccc1-c1ccc(C)cc1. The molecule has 0 spiro atoms. The summed E-state index contributed by atoms with van der Waals surface area (Å²) in [5.41, 5.74) is 4.60. The van der Waals surface area contributed by atoms with Crippen LogP contribution >= 0.6 is 0 Å². The minimum atomic E-state index is 0.528. The monoisotopic (exact) mass is 243 g/mol. The fourth-order valence-corrected chi connectivity index (χ4v) is 1.93. The lowest BCUT2D eigenvalue weighted by Crippen LogP contribution is -2.03. The molecule has 94 valence electrons. The van der Waals surface area contributed by atoms with Gasteiger partial charge in [0.15, 0.2) is 0 Å². The molecule has 2 aromatic carbocycles. The largest absolute Gasteiger partial charge is 0.412 e. The predicted octanol–water partition coefficient (Wildman–Crippen LogP) is 3.06. The minimum Gasteiger partial charge on any atom is -0.412 e. The maximum atomic E-state index is 5.22. The molecule has 0 saturated heterocycles. The van der Waals surface area contributed by atoms with E-state index in [-0.39, 0.29) is 0 Å². The Kier molecular flexibility index (Phi) is 3.97. The maximum Gasteiger partial charge on any atom is 0.147 e. The third kappa shape index (κ3) is 2.70. The van der Waals surface area contributed by atoms with Gasteiger partial charge in [-0.3, -0.25) is 0 Å². The highest BCUT2D eigenvalue weighted by Crippen LogP contribution is 2.28. The molecule has 0 fully saturated rings. The van der Waals surface area contributed by atoms with Crippen LogP contribution in [-0.4, -0.2) is 7.11 Å². The molecule has 0 bridgehead atoms. The number of benzene rings is 2. The molecule has 0 atom stereocenters. The van der Waals surface area contributed by atoms with Gasteiger partial charge >= 0.3 is 0 Å². The quantitative estimate of drug-likeness (QED) is 0.839. The molecule has 0 aliphatic rings. The molecule has 2 aromatic rings. The predicted molar refractivity (Wildman–Crippen MR) is 72.1 cm³/mol. The molecule has 2 N–H and O–H groups in total. The molecule has 0 saturated carbocycles. The number of nitrogens with two attached hydrogens (primary N) is 1. The molecule has 0 unspecified atom stereocenters. The van der Waals surface area contributed by atoms with Crippen molar-refractivity contribution in [1.82, 2.24) is 0 Å². The van der Waals surface area contributed by atoms with Gasteiger partial charge in [0.2, 0.25) is 0 Å². The van der Waals surface area contributed by atoms with Crippen molar-refractivity contribution in [3.63, 3.8) is 0 Å². The summed E-state index contributed by atoms with van der Waals surface area (Å²) in [6.45, 7) is 2.60. The molecule has 0 aliphatic heterocycles. The number of hydrogen-bond donors (Lipinski definition) is 1. The van der Waals surface area contributed by atoms with Crippen LogP contribution in [0.2, 0.25) is 0 Å². The average Bonchev–Trinajstić information content (AvgIpc) is 2.40. The number of hydrogen-bond acceptors (Lipinski definition) is 3. The van der Waals surface area contributed by atoms with Crippen molar-refractivity contribution in [2.75, 3.05) is 7.11 Å². The zero-order valence-electron chi connectivity index (χ0n) is 10.6. The van der Waals surface area contributed by atoms with E-state index in [2.05, 4.69) is 31.2 Å². The third-order valence-electron chi connectivity index (χ3n) is 2.88. The Morgan fingerprint density at radius 1 is 1.06 bits per heavy atom. The van der Waals surface area contributed by atoms with E-state index in [1.165, 1.54) is 5.56 Å². The topological polar surface area (TPSA) is 44.5 Å². The molecule has 3 nitrogen and oxygen atoms in total. The Morgan fingerprint density at radius 3 is 2.39 bits per heavy atom. The van der Waals surface area contributed by atoms with Gasteiger partial charge in [-0.1, -0.05) is 35.9 Å². The average molecular weight is 243 g/mol. The van der Waals surface area contributed by atoms with Gasteiger partial charge in [0.25, 0.3) is 0 Å². The molecule has 0 radical (unpaired) electrons. The highest BCUT2D eigenvalue weighted by atomic mass is 16.6. The zero-order valence-corrected chi connectivity index (χ0v) is 10.6. The van der Waals surface area contributed by atoms with Gasteiger partial charge in [-0.05, 0) is 35.7 Å². The molecular formula is C15H17NO2. The van der Waals surface area contributed by atoms with Crippen LogP contribution in [0.25, 0.3) is 11.1 Å².